The molecule has 0 N–H and O–H groups in total. The van der Waals surface area contributed by atoms with Crippen LogP contribution in [0.2, 0.25) is 0 Å². The van der Waals surface area contributed by atoms with Crippen LogP contribution in [0.15, 0.2) is 18.2 Å². The summed E-state index contributed by atoms with van der Waals surface area (Å²) in [6, 6.07) is 5.40. The van der Waals surface area contributed by atoms with Gasteiger partial charge in [0.2, 0.25) is 5.95 Å². The highest BCUT2D eigenvalue weighted by Gasteiger charge is 2.27. The van der Waals surface area contributed by atoms with Gasteiger partial charge >= 0.3 is 0 Å². The van der Waals surface area contributed by atoms with Gasteiger partial charge in [0.25, 0.3) is 0 Å². The van der Waals surface area contributed by atoms with Gasteiger partial charge in [-0.3, -0.25) is 4.90 Å². The van der Waals surface area contributed by atoms with Gasteiger partial charge in [0.15, 0.2) is 0 Å². The Balaban J connectivity index is 1.56. The van der Waals surface area contributed by atoms with Crippen LogP contribution in [-0.2, 0) is 4.74 Å². The summed E-state index contributed by atoms with van der Waals surface area (Å²) in [5.74, 6) is 1.13. The molecule has 1 aromatic rings. The second-order valence-corrected chi connectivity index (χ2v) is 6.18. The van der Waals surface area contributed by atoms with Gasteiger partial charge in [-0.1, -0.05) is 6.07 Å². The number of aromatic nitrogens is 1. The van der Waals surface area contributed by atoms with Crippen molar-refractivity contribution in [1.82, 2.24) is 9.88 Å². The van der Waals surface area contributed by atoms with Gasteiger partial charge in [-0.15, -0.1) is 0 Å². The second kappa shape index (κ2) is 6.71. The third kappa shape index (κ3) is 3.71. The van der Waals surface area contributed by atoms with Gasteiger partial charge in [-0.2, -0.15) is 4.39 Å². The van der Waals surface area contributed by atoms with E-state index < -0.39 is 5.95 Å². The molecule has 1 unspecified atom stereocenters. The third-order valence-corrected chi connectivity index (χ3v) is 4.56. The molecule has 116 valence electrons. The number of nitrogens with zero attached hydrogens (tertiary/aromatic N) is 3. The molecule has 5 heteroatoms. The highest BCUT2D eigenvalue weighted by Crippen LogP contribution is 2.21. The summed E-state index contributed by atoms with van der Waals surface area (Å²) in [5.41, 5.74) is 0. The van der Waals surface area contributed by atoms with Crippen molar-refractivity contribution in [2.75, 3.05) is 44.3 Å². The topological polar surface area (TPSA) is 28.6 Å². The molecule has 21 heavy (non-hydrogen) atoms. The second-order valence-electron chi connectivity index (χ2n) is 6.18. The van der Waals surface area contributed by atoms with E-state index in [1.807, 2.05) is 6.07 Å². The molecule has 0 saturated carbocycles. The summed E-state index contributed by atoms with van der Waals surface area (Å²) in [6.07, 6.45) is 2.36. The first kappa shape index (κ1) is 14.7. The molecule has 3 heterocycles. The number of piperazine rings is 1. The highest BCUT2D eigenvalue weighted by molar-refractivity contribution is 5.40. The first-order valence-electron chi connectivity index (χ1n) is 7.91. The number of pyridine rings is 1. The Morgan fingerprint density at radius 3 is 2.81 bits per heavy atom. The van der Waals surface area contributed by atoms with E-state index in [1.165, 1.54) is 18.9 Å². The number of rotatable bonds is 3. The molecule has 0 radical (unpaired) electrons. The SMILES string of the molecule is CC1CN(CC2CCOCC2)CCN1c1cccc(F)n1. The van der Waals surface area contributed by atoms with Crippen LogP contribution >= 0.6 is 0 Å². The van der Waals surface area contributed by atoms with Crippen LogP contribution in [-0.4, -0.2) is 55.3 Å². The molecule has 0 aromatic carbocycles. The highest BCUT2D eigenvalue weighted by atomic mass is 19.1. The zero-order valence-electron chi connectivity index (χ0n) is 12.7. The van der Waals surface area contributed by atoms with Crippen molar-refractivity contribution in [3.8, 4) is 0 Å². The zero-order valence-corrected chi connectivity index (χ0v) is 12.7. The van der Waals surface area contributed by atoms with E-state index in [0.29, 0.717) is 6.04 Å². The Bertz CT molecular complexity index is 465. The van der Waals surface area contributed by atoms with Crippen LogP contribution in [0, 0.1) is 11.9 Å². The molecule has 0 amide bonds. The minimum Gasteiger partial charge on any atom is -0.381 e. The van der Waals surface area contributed by atoms with Crippen LogP contribution in [0.1, 0.15) is 19.8 Å². The van der Waals surface area contributed by atoms with Crippen molar-refractivity contribution >= 4 is 5.82 Å². The number of anilines is 1. The summed E-state index contributed by atoms with van der Waals surface area (Å²) in [6.45, 7) is 8.15. The van der Waals surface area contributed by atoms with Crippen molar-refractivity contribution < 1.29 is 9.13 Å². The lowest BCUT2D eigenvalue weighted by molar-refractivity contribution is 0.0500. The quantitative estimate of drug-likeness (QED) is 0.799. The average Bonchev–Trinajstić information content (AvgIpc) is 2.48. The molecule has 2 fully saturated rings. The fourth-order valence-corrected chi connectivity index (χ4v) is 3.39. The summed E-state index contributed by atoms with van der Waals surface area (Å²) in [4.78, 5) is 8.76. The fraction of sp³-hybridized carbons (Fsp3) is 0.688. The van der Waals surface area contributed by atoms with Crippen molar-refractivity contribution in [2.24, 2.45) is 5.92 Å². The first-order valence-corrected chi connectivity index (χ1v) is 7.91. The van der Waals surface area contributed by atoms with E-state index in [0.717, 1.165) is 51.1 Å². The number of ether oxygens (including phenoxy) is 1. The van der Waals surface area contributed by atoms with Crippen LogP contribution in [0.3, 0.4) is 0 Å². The normalized spacial score (nSPS) is 25.2. The fourth-order valence-electron chi connectivity index (χ4n) is 3.39. The van der Waals surface area contributed by atoms with Crippen LogP contribution < -0.4 is 4.90 Å². The molecule has 1 atom stereocenters. The van der Waals surface area contributed by atoms with E-state index >= 15 is 0 Å². The van der Waals surface area contributed by atoms with Crippen LogP contribution in [0.5, 0.6) is 0 Å². The molecular weight excluding hydrogens is 269 g/mol. The largest absolute Gasteiger partial charge is 0.381 e. The number of hydrogen-bond acceptors (Lipinski definition) is 4. The Hall–Kier alpha value is -1.20. The Morgan fingerprint density at radius 1 is 1.29 bits per heavy atom. The number of halogens is 1. The van der Waals surface area contributed by atoms with E-state index in [1.54, 1.807) is 6.07 Å². The summed E-state index contributed by atoms with van der Waals surface area (Å²) < 4.78 is 18.7. The first-order chi connectivity index (χ1) is 10.2. The van der Waals surface area contributed by atoms with Crippen LogP contribution in [0.4, 0.5) is 10.2 Å². The summed E-state index contributed by atoms with van der Waals surface area (Å²) >= 11 is 0. The van der Waals surface area contributed by atoms with E-state index in [2.05, 4.69) is 21.7 Å². The predicted molar refractivity (Wildman–Crippen MR) is 81.0 cm³/mol. The average molecular weight is 293 g/mol. The van der Waals surface area contributed by atoms with Gasteiger partial charge < -0.3 is 9.64 Å². The van der Waals surface area contributed by atoms with E-state index in [-0.39, 0.29) is 0 Å². The maximum atomic E-state index is 13.3. The molecule has 2 aliphatic heterocycles. The lowest BCUT2D eigenvalue weighted by Crippen LogP contribution is -2.53. The lowest BCUT2D eigenvalue weighted by atomic mass is 9.99. The third-order valence-electron chi connectivity index (χ3n) is 4.56. The van der Waals surface area contributed by atoms with Gasteiger partial charge in [0.1, 0.15) is 5.82 Å². The molecule has 2 saturated heterocycles. The molecule has 3 rings (SSSR count). The molecular formula is C16H24FN3O. The minimum absolute atomic E-state index is 0.368. The summed E-state index contributed by atoms with van der Waals surface area (Å²) in [7, 11) is 0. The van der Waals surface area contributed by atoms with Crippen molar-refractivity contribution in [1.29, 1.82) is 0 Å². The molecule has 0 bridgehead atoms. The van der Waals surface area contributed by atoms with Crippen LogP contribution in [0.25, 0.3) is 0 Å². The lowest BCUT2D eigenvalue weighted by Gasteiger charge is -2.42. The predicted octanol–water partition coefficient (Wildman–Crippen LogP) is 2.16. The Labute approximate surface area is 125 Å². The Kier molecular flexibility index (Phi) is 4.70. The van der Waals surface area contributed by atoms with Gasteiger partial charge in [-0.05, 0) is 37.8 Å². The molecule has 0 aliphatic carbocycles. The van der Waals surface area contributed by atoms with Gasteiger partial charge in [-0.25, -0.2) is 4.98 Å². The summed E-state index contributed by atoms with van der Waals surface area (Å²) in [5, 5.41) is 0. The van der Waals surface area contributed by atoms with Gasteiger partial charge in [0, 0.05) is 45.4 Å². The zero-order chi connectivity index (χ0) is 14.7. The molecule has 0 spiro atoms. The number of hydrogen-bond donors (Lipinski definition) is 0. The van der Waals surface area contributed by atoms with Crippen molar-refractivity contribution in [3.63, 3.8) is 0 Å². The molecule has 1 aromatic heterocycles. The van der Waals surface area contributed by atoms with E-state index in [9.17, 15) is 4.39 Å². The standard InChI is InChI=1S/C16H24FN3O/c1-13-11-19(12-14-5-9-21-10-6-14)7-8-20(13)16-4-2-3-15(17)18-16/h2-4,13-14H,5-12H2,1H3. The molecule has 4 nitrogen and oxygen atoms in total. The van der Waals surface area contributed by atoms with Gasteiger partial charge in [0.05, 0.1) is 0 Å². The van der Waals surface area contributed by atoms with E-state index in [4.69, 9.17) is 4.74 Å². The van der Waals surface area contributed by atoms with Crippen molar-refractivity contribution in [3.05, 3.63) is 24.1 Å². The monoisotopic (exact) mass is 293 g/mol. The minimum atomic E-state index is -0.399. The van der Waals surface area contributed by atoms with Crippen molar-refractivity contribution in [2.45, 2.75) is 25.8 Å². The Morgan fingerprint density at radius 2 is 2.10 bits per heavy atom. The smallest absolute Gasteiger partial charge is 0.214 e. The maximum Gasteiger partial charge on any atom is 0.214 e. The molecule has 2 aliphatic rings. The maximum absolute atomic E-state index is 13.3.